The van der Waals surface area contributed by atoms with Crippen LogP contribution in [0, 0.1) is 12.7 Å². The van der Waals surface area contributed by atoms with Gasteiger partial charge in [-0.05, 0) is 24.6 Å². The third-order valence-corrected chi connectivity index (χ3v) is 5.36. The predicted octanol–water partition coefficient (Wildman–Crippen LogP) is 3.97. The van der Waals surface area contributed by atoms with Crippen LogP contribution in [0.25, 0.3) is 10.1 Å². The van der Waals surface area contributed by atoms with Crippen molar-refractivity contribution in [2.75, 3.05) is 13.7 Å². The summed E-state index contributed by atoms with van der Waals surface area (Å²) in [6.45, 7) is 2.00. The minimum atomic E-state index is -0.668. The average Bonchev–Trinajstić information content (AvgIpc) is 3.06. The molecule has 1 heterocycles. The zero-order valence-electron chi connectivity index (χ0n) is 15.6. The van der Waals surface area contributed by atoms with Crippen LogP contribution in [0.4, 0.5) is 4.39 Å². The molecule has 3 aromatic rings. The van der Waals surface area contributed by atoms with Gasteiger partial charge < -0.3 is 14.8 Å². The fourth-order valence-electron chi connectivity index (χ4n) is 2.77. The van der Waals surface area contributed by atoms with Gasteiger partial charge in [-0.25, -0.2) is 9.18 Å². The molecule has 0 radical (unpaired) electrons. The van der Waals surface area contributed by atoms with Gasteiger partial charge in [0.2, 0.25) is 0 Å². The van der Waals surface area contributed by atoms with Crippen LogP contribution in [0.3, 0.4) is 0 Å². The maximum atomic E-state index is 14.2. The number of halogens is 1. The van der Waals surface area contributed by atoms with Crippen molar-refractivity contribution < 1.29 is 23.5 Å². The van der Waals surface area contributed by atoms with Crippen molar-refractivity contribution in [3.05, 3.63) is 69.8 Å². The van der Waals surface area contributed by atoms with Crippen molar-refractivity contribution in [2.24, 2.45) is 0 Å². The Labute approximate surface area is 166 Å². The number of nitrogens with one attached hydrogen (secondary N) is 1. The molecular weight excluding hydrogens is 381 g/mol. The van der Waals surface area contributed by atoms with E-state index in [0.29, 0.717) is 22.2 Å². The lowest BCUT2D eigenvalue weighted by atomic mass is 10.1. The molecule has 0 unspecified atom stereocenters. The first kappa shape index (κ1) is 20.0. The molecule has 0 saturated carbocycles. The Morgan fingerprint density at radius 2 is 1.89 bits per heavy atom. The van der Waals surface area contributed by atoms with E-state index in [-0.39, 0.29) is 11.5 Å². The van der Waals surface area contributed by atoms with Crippen molar-refractivity contribution in [3.63, 3.8) is 0 Å². The third-order valence-electron chi connectivity index (χ3n) is 4.18. The Morgan fingerprint density at radius 3 is 2.61 bits per heavy atom. The summed E-state index contributed by atoms with van der Waals surface area (Å²) in [7, 11) is 1.47. The molecule has 0 spiro atoms. The van der Waals surface area contributed by atoms with Crippen molar-refractivity contribution >= 4 is 33.3 Å². The Balaban J connectivity index is 1.64. The summed E-state index contributed by atoms with van der Waals surface area (Å²) in [5, 5.41) is 3.06. The van der Waals surface area contributed by atoms with E-state index < -0.39 is 24.3 Å². The Hall–Kier alpha value is -2.77. The molecule has 2 aromatic carbocycles. The number of benzene rings is 2. The second kappa shape index (κ2) is 8.95. The highest BCUT2D eigenvalue weighted by Crippen LogP contribution is 2.34. The van der Waals surface area contributed by atoms with E-state index in [2.05, 4.69) is 5.32 Å². The van der Waals surface area contributed by atoms with Gasteiger partial charge in [-0.2, -0.15) is 0 Å². The first-order valence-electron chi connectivity index (χ1n) is 8.67. The molecule has 5 nitrogen and oxygen atoms in total. The number of rotatable bonds is 7. The fourth-order valence-corrected chi connectivity index (χ4v) is 3.88. The normalized spacial score (nSPS) is 10.8. The number of methoxy groups -OCH3 is 1. The lowest BCUT2D eigenvalue weighted by molar-refractivity contribution is -0.124. The van der Waals surface area contributed by atoms with Gasteiger partial charge in [0.15, 0.2) is 6.61 Å². The van der Waals surface area contributed by atoms with E-state index in [9.17, 15) is 14.0 Å². The standard InChI is InChI=1S/C21H20FNO4S/c1-13-6-8-14(9-7-13)10-23-18(24)12-27-21(25)20-15(11-26-2)19-16(22)4-3-5-17(19)28-20/h3-9H,10-12H2,1-2H3,(H,23,24). The van der Waals surface area contributed by atoms with Gasteiger partial charge in [-0.15, -0.1) is 11.3 Å². The number of hydrogen-bond donors (Lipinski definition) is 1. The van der Waals surface area contributed by atoms with Gasteiger partial charge in [0, 0.05) is 29.3 Å². The van der Waals surface area contributed by atoms with Crippen LogP contribution < -0.4 is 5.32 Å². The van der Waals surface area contributed by atoms with E-state index in [0.717, 1.165) is 22.5 Å². The number of aryl methyl sites for hydroxylation is 1. The molecule has 0 bridgehead atoms. The second-order valence-electron chi connectivity index (χ2n) is 6.29. The maximum Gasteiger partial charge on any atom is 0.349 e. The summed E-state index contributed by atoms with van der Waals surface area (Å²) < 4.78 is 25.1. The number of thiophene rings is 1. The van der Waals surface area contributed by atoms with Crippen LogP contribution in [0.15, 0.2) is 42.5 Å². The number of carbonyl (C=O) groups is 2. The van der Waals surface area contributed by atoms with Gasteiger partial charge in [0.25, 0.3) is 5.91 Å². The zero-order chi connectivity index (χ0) is 20.1. The van der Waals surface area contributed by atoms with Gasteiger partial charge in [-0.3, -0.25) is 4.79 Å². The van der Waals surface area contributed by atoms with Crippen molar-refractivity contribution in [1.29, 1.82) is 0 Å². The monoisotopic (exact) mass is 401 g/mol. The molecule has 28 heavy (non-hydrogen) atoms. The summed E-state index contributed by atoms with van der Waals surface area (Å²) in [5.74, 6) is -1.50. The molecule has 0 aliphatic heterocycles. The molecule has 146 valence electrons. The SMILES string of the molecule is COCc1c(C(=O)OCC(=O)NCc2ccc(C)cc2)sc2cccc(F)c12. The first-order chi connectivity index (χ1) is 13.5. The summed E-state index contributed by atoms with van der Waals surface area (Å²) in [6.07, 6.45) is 0. The number of carbonyl (C=O) groups excluding carboxylic acids is 2. The Bertz CT molecular complexity index is 998. The second-order valence-corrected chi connectivity index (χ2v) is 7.35. The summed E-state index contributed by atoms with van der Waals surface area (Å²) in [5.41, 5.74) is 2.52. The molecule has 7 heteroatoms. The molecule has 3 rings (SSSR count). The minimum Gasteiger partial charge on any atom is -0.451 e. The number of amides is 1. The Kier molecular flexibility index (Phi) is 6.38. The summed E-state index contributed by atoms with van der Waals surface area (Å²) in [4.78, 5) is 24.7. The third kappa shape index (κ3) is 4.55. The number of ether oxygens (including phenoxy) is 2. The first-order valence-corrected chi connectivity index (χ1v) is 9.49. The minimum absolute atomic E-state index is 0.0744. The predicted molar refractivity (Wildman–Crippen MR) is 106 cm³/mol. The number of hydrogen-bond acceptors (Lipinski definition) is 5. The largest absolute Gasteiger partial charge is 0.451 e. The van der Waals surface area contributed by atoms with Crippen LogP contribution in [0.1, 0.15) is 26.4 Å². The molecule has 0 saturated heterocycles. The molecule has 0 atom stereocenters. The maximum absolute atomic E-state index is 14.2. The average molecular weight is 401 g/mol. The lowest BCUT2D eigenvalue weighted by Gasteiger charge is -2.07. The Morgan fingerprint density at radius 1 is 1.14 bits per heavy atom. The summed E-state index contributed by atoms with van der Waals surface area (Å²) >= 11 is 1.12. The van der Waals surface area contributed by atoms with Crippen LogP contribution in [0.5, 0.6) is 0 Å². The number of esters is 1. The van der Waals surface area contributed by atoms with Gasteiger partial charge >= 0.3 is 5.97 Å². The summed E-state index contributed by atoms with van der Waals surface area (Å²) in [6, 6.07) is 12.4. The smallest absolute Gasteiger partial charge is 0.349 e. The highest BCUT2D eigenvalue weighted by atomic mass is 32.1. The van der Waals surface area contributed by atoms with Crippen molar-refractivity contribution in [1.82, 2.24) is 5.32 Å². The van der Waals surface area contributed by atoms with E-state index in [1.807, 2.05) is 31.2 Å². The van der Waals surface area contributed by atoms with Crippen LogP contribution in [0.2, 0.25) is 0 Å². The lowest BCUT2D eigenvalue weighted by Crippen LogP contribution is -2.28. The fraction of sp³-hybridized carbons (Fsp3) is 0.238. The van der Waals surface area contributed by atoms with E-state index in [1.165, 1.54) is 13.2 Å². The van der Waals surface area contributed by atoms with Crippen LogP contribution in [-0.2, 0) is 27.4 Å². The van der Waals surface area contributed by atoms with Crippen molar-refractivity contribution in [2.45, 2.75) is 20.1 Å². The zero-order valence-corrected chi connectivity index (χ0v) is 16.4. The van der Waals surface area contributed by atoms with Gasteiger partial charge in [0.1, 0.15) is 10.7 Å². The van der Waals surface area contributed by atoms with E-state index in [4.69, 9.17) is 9.47 Å². The molecule has 0 aliphatic rings. The van der Waals surface area contributed by atoms with Crippen LogP contribution in [-0.4, -0.2) is 25.6 Å². The van der Waals surface area contributed by atoms with Gasteiger partial charge in [-0.1, -0.05) is 35.9 Å². The molecule has 0 aliphatic carbocycles. The van der Waals surface area contributed by atoms with Crippen LogP contribution >= 0.6 is 11.3 Å². The van der Waals surface area contributed by atoms with E-state index >= 15 is 0 Å². The highest BCUT2D eigenvalue weighted by Gasteiger charge is 2.22. The van der Waals surface area contributed by atoms with Gasteiger partial charge in [0.05, 0.1) is 6.61 Å². The van der Waals surface area contributed by atoms with Crippen molar-refractivity contribution in [3.8, 4) is 0 Å². The quantitative estimate of drug-likeness (QED) is 0.609. The number of fused-ring (bicyclic) bond motifs is 1. The molecular formula is C21H20FNO4S. The molecule has 0 fully saturated rings. The molecule has 1 amide bonds. The highest BCUT2D eigenvalue weighted by molar-refractivity contribution is 7.21. The molecule has 1 aromatic heterocycles. The topological polar surface area (TPSA) is 64.6 Å². The van der Waals surface area contributed by atoms with E-state index in [1.54, 1.807) is 12.1 Å². The molecule has 1 N–H and O–H groups in total.